The number of aliphatic hydroxyl groups is 1. The van der Waals surface area contributed by atoms with Gasteiger partial charge >= 0.3 is 18.1 Å². The van der Waals surface area contributed by atoms with Crippen molar-refractivity contribution in [1.82, 2.24) is 67.1 Å². The van der Waals surface area contributed by atoms with Crippen molar-refractivity contribution in [2.45, 2.75) is 161 Å². The standard InChI is InChI=1S/C79H112FN15O22/c1-6-79(106)56-40-62-71-54(43-94(62)75(102)55(56)45-116-76(79)103)69-58(20-19-53-50(4)57(80)41-60(89-71)68(53)69)88-67(99)46-114-48-86-65(97)42-85-78(105)117-44-51-15-17-52(18-16-51)87-73(100)59(12-10-22-84-77(81)104)90-74(101)70(49(2)3)91-64(96)21-27-108-31-35-112-38-39-113-37-33-110-29-24-83-66(98)47-115-63-14-9-7-8-13-61-72(63)92-93-95(61)25-11-26-107-30-34-111-36-32-109-28-23-82-5/h15-18,40-41,49,58-59,63,70,82,106H,6-14,19-39,42-48H2,1-5H3,(H,83,98)(H,85,105)(H,86,97)(H,87,100)(H,88,99)(H,90,101)(H,91,96)(H3,81,84,104)/t58-,59-,63?,70-,79-/m0/s1. The number of hydrogen-bond donors (Lipinski definition) is 11. The Morgan fingerprint density at radius 2 is 1.41 bits per heavy atom. The number of anilines is 1. The predicted molar refractivity (Wildman–Crippen MR) is 419 cm³/mol. The summed E-state index contributed by atoms with van der Waals surface area (Å²) in [4.78, 5) is 135. The van der Waals surface area contributed by atoms with Crippen LogP contribution in [0.3, 0.4) is 0 Å². The Morgan fingerprint density at radius 3 is 2.10 bits per heavy atom. The van der Waals surface area contributed by atoms with Gasteiger partial charge in [0.1, 0.15) is 69.4 Å². The number of rotatable bonds is 51. The number of esters is 1. The molecule has 0 saturated heterocycles. The van der Waals surface area contributed by atoms with Crippen molar-refractivity contribution in [2.24, 2.45) is 11.7 Å². The van der Waals surface area contributed by atoms with Gasteiger partial charge in [-0.25, -0.2) is 28.4 Å². The maximum Gasteiger partial charge on any atom is 0.407 e. The molecule has 9 rings (SSSR count). The van der Waals surface area contributed by atoms with Gasteiger partial charge in [-0.05, 0) is 118 Å². The number of likely N-dealkylation sites (N-methyl/N-ethyl adjacent to an activating group) is 1. The number of carbonyl (C=O) groups is 9. The van der Waals surface area contributed by atoms with Gasteiger partial charge in [-0.15, -0.1) is 5.10 Å². The fourth-order valence-electron chi connectivity index (χ4n) is 13.9. The molecular weight excluding hydrogens is 1530 g/mol. The second-order valence-electron chi connectivity index (χ2n) is 28.8. The van der Waals surface area contributed by atoms with Gasteiger partial charge in [0.2, 0.25) is 35.4 Å². The van der Waals surface area contributed by atoms with Gasteiger partial charge < -0.3 is 115 Å². The summed E-state index contributed by atoms with van der Waals surface area (Å²) in [5, 5.41) is 45.3. The highest BCUT2D eigenvalue weighted by atomic mass is 19.1. The van der Waals surface area contributed by atoms with Crippen molar-refractivity contribution >= 4 is 70.1 Å². The number of pyridine rings is 2. The topological polar surface area (TPSA) is 475 Å². The normalized spacial score (nSPS) is 16.4. The number of benzene rings is 2. The fourth-order valence-corrected chi connectivity index (χ4v) is 13.9. The van der Waals surface area contributed by atoms with Crippen molar-refractivity contribution in [2.75, 3.05) is 151 Å². The van der Waals surface area contributed by atoms with Crippen LogP contribution >= 0.6 is 0 Å². The highest BCUT2D eigenvalue weighted by Crippen LogP contribution is 2.46. The van der Waals surface area contributed by atoms with Crippen molar-refractivity contribution in [3.05, 3.63) is 103 Å². The number of alkyl carbamates (subject to hydrolysis) is 1. The second kappa shape index (κ2) is 47.0. The number of amides is 9. The third kappa shape index (κ3) is 26.9. The molecule has 0 fully saturated rings. The zero-order chi connectivity index (χ0) is 83.6. The van der Waals surface area contributed by atoms with E-state index in [-0.39, 0.29) is 115 Å². The number of aryl methyl sites for hydroxylation is 2. The average molecular weight is 1640 g/mol. The third-order valence-electron chi connectivity index (χ3n) is 20.2. The van der Waals surface area contributed by atoms with Crippen molar-refractivity contribution in [3.63, 3.8) is 0 Å². The van der Waals surface area contributed by atoms with Crippen LogP contribution in [0.2, 0.25) is 0 Å². The van der Waals surface area contributed by atoms with Gasteiger partial charge in [-0.2, -0.15) is 0 Å². The number of urea groups is 1. The molecule has 642 valence electrons. The molecule has 0 radical (unpaired) electrons. The largest absolute Gasteiger partial charge is 0.458 e. The average Bonchev–Trinajstić information content (AvgIpc) is 1.58. The van der Waals surface area contributed by atoms with E-state index in [1.807, 2.05) is 11.7 Å². The number of fused-ring (bicyclic) bond motifs is 6. The lowest BCUT2D eigenvalue weighted by Gasteiger charge is -2.31. The lowest BCUT2D eigenvalue weighted by atomic mass is 9.81. The molecule has 0 saturated carbocycles. The number of aromatic nitrogens is 5. The molecule has 4 aliphatic rings. The second-order valence-corrected chi connectivity index (χ2v) is 28.8. The van der Waals surface area contributed by atoms with Crippen LogP contribution in [0, 0.1) is 18.7 Å². The first-order valence-electron chi connectivity index (χ1n) is 40.0. The van der Waals surface area contributed by atoms with Gasteiger partial charge in [0.05, 0.1) is 127 Å². The fraction of sp³-hybridized carbons (Fsp3) is 0.608. The maximum atomic E-state index is 15.4. The highest BCUT2D eigenvalue weighted by molar-refractivity contribution is 5.99. The molecule has 5 aromatic rings. The van der Waals surface area contributed by atoms with Crippen molar-refractivity contribution in [3.8, 4) is 11.4 Å². The first-order chi connectivity index (χ1) is 56.6. The molecule has 0 bridgehead atoms. The molecule has 2 aliphatic carbocycles. The van der Waals surface area contributed by atoms with E-state index in [2.05, 4.69) is 58.2 Å². The Balaban J connectivity index is 0.600. The monoisotopic (exact) mass is 1640 g/mol. The van der Waals surface area contributed by atoms with E-state index >= 15 is 4.39 Å². The predicted octanol–water partition coefficient (Wildman–Crippen LogP) is 2.36. The number of halogens is 1. The summed E-state index contributed by atoms with van der Waals surface area (Å²) in [7, 11) is 1.88. The number of nitrogens with one attached hydrogen (secondary N) is 9. The minimum absolute atomic E-state index is 0.0371. The van der Waals surface area contributed by atoms with Gasteiger partial charge in [-0.1, -0.05) is 51.0 Å². The van der Waals surface area contributed by atoms with Gasteiger partial charge in [0, 0.05) is 67.5 Å². The van der Waals surface area contributed by atoms with Crippen LogP contribution in [0.15, 0.2) is 41.2 Å². The Labute approximate surface area is 677 Å². The van der Waals surface area contributed by atoms with E-state index in [4.69, 9.17) is 62.8 Å². The number of nitrogens with zero attached hydrogens (tertiary/aromatic N) is 5. The summed E-state index contributed by atoms with van der Waals surface area (Å²) in [5.41, 5.74) is 9.03. The molecule has 5 heterocycles. The van der Waals surface area contributed by atoms with Crippen LogP contribution in [0.4, 0.5) is 19.7 Å². The van der Waals surface area contributed by atoms with Crippen LogP contribution in [0.25, 0.3) is 22.3 Å². The van der Waals surface area contributed by atoms with Crippen LogP contribution < -0.4 is 59.1 Å². The molecule has 2 aromatic carbocycles. The molecule has 3 aromatic heterocycles. The zero-order valence-corrected chi connectivity index (χ0v) is 67.2. The molecule has 37 nitrogen and oxygen atoms in total. The lowest BCUT2D eigenvalue weighted by Crippen LogP contribution is -2.54. The molecule has 9 amide bonds. The number of ether oxygens (including phenoxy) is 11. The summed E-state index contributed by atoms with van der Waals surface area (Å²) < 4.78 is 80.1. The van der Waals surface area contributed by atoms with E-state index in [1.165, 1.54) is 10.6 Å². The summed E-state index contributed by atoms with van der Waals surface area (Å²) in [6.07, 6.45) is 5.10. The summed E-state index contributed by atoms with van der Waals surface area (Å²) >= 11 is 0. The van der Waals surface area contributed by atoms with Gasteiger partial charge in [0.25, 0.3) is 5.56 Å². The molecule has 5 atom stereocenters. The van der Waals surface area contributed by atoms with Crippen LogP contribution in [-0.4, -0.2) is 241 Å². The number of nitrogens with two attached hydrogens (primary N) is 1. The van der Waals surface area contributed by atoms with Crippen LogP contribution in [0.5, 0.6) is 0 Å². The van der Waals surface area contributed by atoms with E-state index in [0.717, 1.165) is 62.0 Å². The summed E-state index contributed by atoms with van der Waals surface area (Å²) in [5.74, 6) is -4.91. The smallest absolute Gasteiger partial charge is 0.407 e. The maximum absolute atomic E-state index is 15.4. The van der Waals surface area contributed by atoms with Crippen LogP contribution in [-0.2, 0) is 130 Å². The first-order valence-corrected chi connectivity index (χ1v) is 40.0. The van der Waals surface area contributed by atoms with Gasteiger partial charge in [0.15, 0.2) is 5.60 Å². The number of hydrogen-bond acceptors (Lipinski definition) is 26. The Hall–Kier alpha value is -9.74. The lowest BCUT2D eigenvalue weighted by molar-refractivity contribution is -0.172. The molecule has 38 heteroatoms. The number of primary amides is 1. The van der Waals surface area contributed by atoms with E-state index < -0.39 is 109 Å². The van der Waals surface area contributed by atoms with Gasteiger partial charge in [-0.3, -0.25) is 33.6 Å². The quantitative estimate of drug-likeness (QED) is 0.0148. The first kappa shape index (κ1) is 91.2. The van der Waals surface area contributed by atoms with E-state index in [9.17, 15) is 53.1 Å². The molecule has 2 aliphatic heterocycles. The summed E-state index contributed by atoms with van der Waals surface area (Å²) in [6, 6.07) is 5.55. The molecule has 0 spiro atoms. The summed E-state index contributed by atoms with van der Waals surface area (Å²) in [6.45, 7) is 11.9. The number of carbonyl (C=O) groups excluding carboxylic acids is 9. The molecular formula is C79H112FN15O22. The SMILES string of the molecule is CC[C@@]1(O)C(=O)OCc2c1cc1n(c2=O)Cc2c-1nc1cc(F)c(C)c3c1c2[C@@H](NC(=O)COCNC(=O)CNC(=O)OCc1ccc(NC(=O)[C@H](CCCNC(N)=O)NC(=O)[C@@H](NC(=O)CCOCCOCCOCCOCCNC(=O)COC2CCCCCc4c2nnn4CCCOCCOCCOCCNC)C(C)C)cc1)CC3. The molecule has 12 N–H and O–H groups in total. The number of cyclic esters (lactones) is 1. The Morgan fingerprint density at radius 1 is 0.718 bits per heavy atom. The molecule has 1 unspecified atom stereocenters. The van der Waals surface area contributed by atoms with Crippen LogP contribution in [0.1, 0.15) is 147 Å². The third-order valence-corrected chi connectivity index (χ3v) is 20.2. The van der Waals surface area contributed by atoms with E-state index in [1.54, 1.807) is 58.0 Å². The Kier molecular flexibility index (Phi) is 36.6. The highest BCUT2D eigenvalue weighted by Gasteiger charge is 2.46. The minimum Gasteiger partial charge on any atom is -0.458 e. The molecule has 117 heavy (non-hydrogen) atoms. The Bertz CT molecular complexity index is 4240. The zero-order valence-electron chi connectivity index (χ0n) is 67.2. The van der Waals surface area contributed by atoms with E-state index in [0.29, 0.717) is 136 Å². The van der Waals surface area contributed by atoms with Crippen molar-refractivity contribution in [1.29, 1.82) is 0 Å². The van der Waals surface area contributed by atoms with Crippen molar-refractivity contribution < 1.29 is 105 Å². The minimum atomic E-state index is -2.06.